The summed E-state index contributed by atoms with van der Waals surface area (Å²) < 4.78 is 0. The maximum Gasteiger partial charge on any atom is 0.0998 e. The van der Waals surface area contributed by atoms with E-state index in [1.54, 1.807) is 0 Å². The fourth-order valence-corrected chi connectivity index (χ4v) is 3.00. The Morgan fingerprint density at radius 3 is 2.75 bits per heavy atom. The van der Waals surface area contributed by atoms with Crippen molar-refractivity contribution in [1.82, 2.24) is 4.90 Å². The largest absolute Gasteiger partial charge is 0.384 e. The van der Waals surface area contributed by atoms with Gasteiger partial charge >= 0.3 is 0 Å². The van der Waals surface area contributed by atoms with E-state index in [2.05, 4.69) is 29.4 Å². The summed E-state index contributed by atoms with van der Waals surface area (Å²) in [5.74, 6) is 0.717. The van der Waals surface area contributed by atoms with Gasteiger partial charge in [0, 0.05) is 29.5 Å². The van der Waals surface area contributed by atoms with Crippen LogP contribution >= 0.6 is 0 Å². The van der Waals surface area contributed by atoms with Crippen molar-refractivity contribution in [3.8, 4) is 6.07 Å². The first-order valence-electron chi connectivity index (χ1n) is 7.12. The summed E-state index contributed by atoms with van der Waals surface area (Å²) in [6.07, 6.45) is 1.26. The van der Waals surface area contributed by atoms with Gasteiger partial charge in [0.2, 0.25) is 0 Å². The molecule has 1 aliphatic heterocycles. The summed E-state index contributed by atoms with van der Waals surface area (Å²) in [6, 6.07) is 14.3. The van der Waals surface area contributed by atoms with Crippen molar-refractivity contribution in [1.29, 1.82) is 5.26 Å². The number of hydrogen-bond acceptors (Lipinski definition) is 3. The average Bonchev–Trinajstić information content (AvgIpc) is 2.90. The molecule has 1 aliphatic rings. The smallest absolute Gasteiger partial charge is 0.0998 e. The van der Waals surface area contributed by atoms with Gasteiger partial charge < -0.3 is 10.2 Å². The van der Waals surface area contributed by atoms with Crippen LogP contribution in [0.15, 0.2) is 36.4 Å². The summed E-state index contributed by atoms with van der Waals surface area (Å²) >= 11 is 0. The maximum atomic E-state index is 9.18. The van der Waals surface area contributed by atoms with Gasteiger partial charge in [-0.3, -0.25) is 0 Å². The Hall–Kier alpha value is -2.05. The molecule has 2 aromatic rings. The number of anilines is 1. The summed E-state index contributed by atoms with van der Waals surface area (Å²) in [5.41, 5.74) is 1.88. The normalized spacial score (nSPS) is 19.1. The number of nitrogens with zero attached hydrogens (tertiary/aromatic N) is 2. The van der Waals surface area contributed by atoms with Crippen molar-refractivity contribution in [3.05, 3.63) is 42.0 Å². The lowest BCUT2D eigenvalue weighted by Gasteiger charge is -2.15. The number of benzene rings is 2. The van der Waals surface area contributed by atoms with Crippen LogP contribution in [0, 0.1) is 17.2 Å². The van der Waals surface area contributed by atoms with Gasteiger partial charge in [-0.25, -0.2) is 0 Å². The van der Waals surface area contributed by atoms with E-state index in [0.717, 1.165) is 34.5 Å². The lowest BCUT2D eigenvalue weighted by molar-refractivity contribution is 0.399. The number of fused-ring (bicyclic) bond motifs is 1. The van der Waals surface area contributed by atoms with Gasteiger partial charge in [-0.05, 0) is 38.1 Å². The highest BCUT2D eigenvalue weighted by Crippen LogP contribution is 2.27. The van der Waals surface area contributed by atoms with Crippen LogP contribution in [-0.4, -0.2) is 31.6 Å². The third-order valence-corrected chi connectivity index (χ3v) is 4.11. The molecule has 3 heteroatoms. The van der Waals surface area contributed by atoms with Crippen LogP contribution < -0.4 is 5.32 Å². The number of likely N-dealkylation sites (tertiary alicyclic amines) is 1. The maximum absolute atomic E-state index is 9.18. The number of nitriles is 1. The molecule has 102 valence electrons. The second-order valence-electron chi connectivity index (χ2n) is 5.62. The third-order valence-electron chi connectivity index (χ3n) is 4.11. The van der Waals surface area contributed by atoms with Crippen molar-refractivity contribution in [2.45, 2.75) is 6.42 Å². The van der Waals surface area contributed by atoms with Gasteiger partial charge in [0.25, 0.3) is 0 Å². The highest BCUT2D eigenvalue weighted by atomic mass is 15.1. The molecule has 0 amide bonds. The van der Waals surface area contributed by atoms with Gasteiger partial charge in [0.05, 0.1) is 11.6 Å². The molecular weight excluding hydrogens is 246 g/mol. The summed E-state index contributed by atoms with van der Waals surface area (Å²) in [6.45, 7) is 3.36. The fraction of sp³-hybridized carbons (Fsp3) is 0.353. The molecule has 2 aromatic carbocycles. The number of rotatable bonds is 3. The average molecular weight is 265 g/mol. The molecule has 3 rings (SSSR count). The molecule has 1 saturated heterocycles. The Morgan fingerprint density at radius 1 is 1.25 bits per heavy atom. The lowest BCUT2D eigenvalue weighted by Crippen LogP contribution is -2.19. The lowest BCUT2D eigenvalue weighted by atomic mass is 10.0. The molecule has 0 spiro atoms. The molecule has 20 heavy (non-hydrogen) atoms. The van der Waals surface area contributed by atoms with Crippen LogP contribution in [0.25, 0.3) is 10.8 Å². The van der Waals surface area contributed by atoms with E-state index in [1.165, 1.54) is 19.5 Å². The van der Waals surface area contributed by atoms with Crippen LogP contribution in [0.5, 0.6) is 0 Å². The Labute approximate surface area is 119 Å². The first kappa shape index (κ1) is 13.0. The van der Waals surface area contributed by atoms with E-state index in [0.29, 0.717) is 0 Å². The van der Waals surface area contributed by atoms with E-state index in [-0.39, 0.29) is 0 Å². The molecule has 0 aromatic heterocycles. The molecule has 1 unspecified atom stereocenters. The zero-order chi connectivity index (χ0) is 13.9. The second kappa shape index (κ2) is 5.52. The minimum Gasteiger partial charge on any atom is -0.384 e. The van der Waals surface area contributed by atoms with E-state index >= 15 is 0 Å². The second-order valence-corrected chi connectivity index (χ2v) is 5.62. The Balaban J connectivity index is 1.83. The predicted molar refractivity (Wildman–Crippen MR) is 82.8 cm³/mol. The van der Waals surface area contributed by atoms with Crippen LogP contribution in [0.1, 0.15) is 12.0 Å². The summed E-state index contributed by atoms with van der Waals surface area (Å²) in [4.78, 5) is 2.38. The van der Waals surface area contributed by atoms with Gasteiger partial charge in [-0.15, -0.1) is 0 Å². The first-order valence-corrected chi connectivity index (χ1v) is 7.12. The summed E-state index contributed by atoms with van der Waals surface area (Å²) in [7, 11) is 2.18. The van der Waals surface area contributed by atoms with Crippen molar-refractivity contribution < 1.29 is 0 Å². The fourth-order valence-electron chi connectivity index (χ4n) is 3.00. The summed E-state index contributed by atoms with van der Waals surface area (Å²) in [5, 5.41) is 14.9. The predicted octanol–water partition coefficient (Wildman–Crippen LogP) is 3.08. The van der Waals surface area contributed by atoms with Gasteiger partial charge in [-0.1, -0.05) is 24.3 Å². The Morgan fingerprint density at radius 2 is 2.05 bits per heavy atom. The number of nitrogens with one attached hydrogen (secondary N) is 1. The molecule has 3 nitrogen and oxygen atoms in total. The molecule has 1 fully saturated rings. The molecule has 1 atom stereocenters. The van der Waals surface area contributed by atoms with Crippen molar-refractivity contribution in [2.75, 3.05) is 32.0 Å². The van der Waals surface area contributed by atoms with Gasteiger partial charge in [0.15, 0.2) is 0 Å². The topological polar surface area (TPSA) is 39.1 Å². The molecule has 1 heterocycles. The SMILES string of the molecule is CN1CCC(CNc2ccc(C#N)c3ccccc23)C1. The molecule has 0 aliphatic carbocycles. The molecule has 0 radical (unpaired) electrons. The molecule has 1 N–H and O–H groups in total. The van der Waals surface area contributed by atoms with E-state index in [9.17, 15) is 5.26 Å². The number of hydrogen-bond donors (Lipinski definition) is 1. The van der Waals surface area contributed by atoms with E-state index in [4.69, 9.17) is 0 Å². The Bertz CT molecular complexity index is 657. The highest BCUT2D eigenvalue weighted by Gasteiger charge is 2.19. The quantitative estimate of drug-likeness (QED) is 0.927. The third kappa shape index (κ3) is 2.48. The van der Waals surface area contributed by atoms with Gasteiger partial charge in [0.1, 0.15) is 0 Å². The minimum atomic E-state index is 0.717. The van der Waals surface area contributed by atoms with Crippen LogP contribution in [0.2, 0.25) is 0 Å². The first-order chi connectivity index (χ1) is 9.78. The van der Waals surface area contributed by atoms with Gasteiger partial charge in [-0.2, -0.15) is 5.26 Å². The minimum absolute atomic E-state index is 0.717. The Kier molecular flexibility index (Phi) is 3.58. The van der Waals surface area contributed by atoms with E-state index in [1.807, 2.05) is 30.3 Å². The zero-order valence-electron chi connectivity index (χ0n) is 11.8. The van der Waals surface area contributed by atoms with E-state index < -0.39 is 0 Å². The molecule has 0 bridgehead atoms. The molecular formula is C17H19N3. The highest BCUT2D eigenvalue weighted by molar-refractivity contribution is 5.97. The van der Waals surface area contributed by atoms with Crippen LogP contribution in [0.4, 0.5) is 5.69 Å². The van der Waals surface area contributed by atoms with Crippen LogP contribution in [-0.2, 0) is 0 Å². The molecule has 0 saturated carbocycles. The standard InChI is InChI=1S/C17H19N3/c1-20-9-8-13(12-20)11-19-17-7-6-14(10-18)15-4-2-3-5-16(15)17/h2-7,13,19H,8-9,11-12H2,1H3. The van der Waals surface area contributed by atoms with Crippen LogP contribution in [0.3, 0.4) is 0 Å². The monoisotopic (exact) mass is 265 g/mol. The zero-order valence-corrected chi connectivity index (χ0v) is 11.8. The van der Waals surface area contributed by atoms with Crippen molar-refractivity contribution in [2.24, 2.45) is 5.92 Å². The van der Waals surface area contributed by atoms with Crippen molar-refractivity contribution in [3.63, 3.8) is 0 Å². The van der Waals surface area contributed by atoms with Crippen molar-refractivity contribution >= 4 is 16.5 Å².